The van der Waals surface area contributed by atoms with Crippen LogP contribution in [-0.2, 0) is 9.59 Å². The highest BCUT2D eigenvalue weighted by Gasteiger charge is 2.35. The highest BCUT2D eigenvalue weighted by molar-refractivity contribution is 5.94. The summed E-state index contributed by atoms with van der Waals surface area (Å²) in [5, 5.41) is 10.6. The number of amides is 2. The number of likely N-dealkylation sites (tertiary alicyclic amines) is 1. The van der Waals surface area contributed by atoms with Gasteiger partial charge in [-0.1, -0.05) is 20.8 Å². The second-order valence-electron chi connectivity index (χ2n) is 9.23. The minimum absolute atomic E-state index is 0.00400. The summed E-state index contributed by atoms with van der Waals surface area (Å²) < 4.78 is 6.08. The first kappa shape index (κ1) is 22.0. The average molecular weight is 438 g/mol. The molecule has 2 aliphatic rings. The van der Waals surface area contributed by atoms with Gasteiger partial charge in [0, 0.05) is 37.2 Å². The molecule has 0 aliphatic carbocycles. The lowest BCUT2D eigenvalue weighted by Gasteiger charge is -2.39. The van der Waals surface area contributed by atoms with Gasteiger partial charge in [-0.2, -0.15) is 10.2 Å². The number of nitrogens with one attached hydrogen (secondary N) is 1. The topological polar surface area (TPSA) is 87.7 Å². The van der Waals surface area contributed by atoms with Crippen molar-refractivity contribution >= 4 is 23.2 Å². The number of ether oxygens (including phenoxy) is 1. The number of carbonyl (C=O) groups excluding carboxylic acids is 2. The Balaban J connectivity index is 1.24. The third-order valence-corrected chi connectivity index (χ3v) is 6.51. The molecule has 0 saturated carbocycles. The van der Waals surface area contributed by atoms with Crippen LogP contribution in [0.1, 0.15) is 33.6 Å². The molecular weight excluding hydrogens is 406 g/mol. The highest BCUT2D eigenvalue weighted by Crippen LogP contribution is 2.28. The van der Waals surface area contributed by atoms with Crippen LogP contribution in [0.5, 0.6) is 5.75 Å². The van der Waals surface area contributed by atoms with E-state index in [1.54, 1.807) is 12.4 Å². The van der Waals surface area contributed by atoms with Gasteiger partial charge in [0.2, 0.25) is 11.8 Å². The SMILES string of the molecule is CCC(C)(C)C(=O)N1CC[C@@H](Oc2ccc(NC(=O)C3CN(c4ccnnc4)C3)cc2)C1. The summed E-state index contributed by atoms with van der Waals surface area (Å²) in [5.41, 5.74) is 1.40. The van der Waals surface area contributed by atoms with Crippen molar-refractivity contribution in [1.29, 1.82) is 0 Å². The van der Waals surface area contributed by atoms with Crippen LogP contribution in [0.15, 0.2) is 42.7 Å². The molecule has 0 spiro atoms. The lowest BCUT2D eigenvalue weighted by Crippen LogP contribution is -2.52. The van der Waals surface area contributed by atoms with Crippen molar-refractivity contribution < 1.29 is 14.3 Å². The Morgan fingerprint density at radius 1 is 1.12 bits per heavy atom. The maximum absolute atomic E-state index is 12.7. The third-order valence-electron chi connectivity index (χ3n) is 6.51. The first-order chi connectivity index (χ1) is 15.4. The van der Waals surface area contributed by atoms with Gasteiger partial charge in [0.15, 0.2) is 0 Å². The third kappa shape index (κ3) is 4.84. The number of rotatable bonds is 7. The summed E-state index contributed by atoms with van der Waals surface area (Å²) in [7, 11) is 0. The van der Waals surface area contributed by atoms with E-state index in [0.29, 0.717) is 19.6 Å². The average Bonchev–Trinajstić information content (AvgIpc) is 3.22. The predicted octanol–water partition coefficient (Wildman–Crippen LogP) is 2.97. The molecule has 32 heavy (non-hydrogen) atoms. The van der Waals surface area contributed by atoms with Gasteiger partial charge < -0.3 is 19.9 Å². The lowest BCUT2D eigenvalue weighted by atomic mass is 9.89. The van der Waals surface area contributed by atoms with Crippen molar-refractivity contribution in [2.75, 3.05) is 36.4 Å². The van der Waals surface area contributed by atoms with E-state index in [0.717, 1.165) is 36.5 Å². The zero-order valence-corrected chi connectivity index (χ0v) is 19.0. The molecule has 4 rings (SSSR count). The molecule has 1 aromatic carbocycles. The fraction of sp³-hybridized carbons (Fsp3) is 0.500. The molecule has 2 amide bonds. The van der Waals surface area contributed by atoms with Crippen LogP contribution in [0.4, 0.5) is 11.4 Å². The fourth-order valence-electron chi connectivity index (χ4n) is 3.97. The molecule has 2 fully saturated rings. The van der Waals surface area contributed by atoms with Gasteiger partial charge in [-0.15, -0.1) is 0 Å². The molecule has 2 aliphatic heterocycles. The molecule has 170 valence electrons. The summed E-state index contributed by atoms with van der Waals surface area (Å²) in [6.45, 7) is 8.72. The lowest BCUT2D eigenvalue weighted by molar-refractivity contribution is -0.139. The quantitative estimate of drug-likeness (QED) is 0.717. The van der Waals surface area contributed by atoms with Crippen molar-refractivity contribution in [3.8, 4) is 5.75 Å². The minimum Gasteiger partial charge on any atom is -0.489 e. The Kier molecular flexibility index (Phi) is 6.30. The number of anilines is 2. The molecular formula is C24H31N5O3. The van der Waals surface area contributed by atoms with Crippen molar-refractivity contribution in [3.63, 3.8) is 0 Å². The summed E-state index contributed by atoms with van der Waals surface area (Å²) in [4.78, 5) is 29.2. The number of hydrogen-bond acceptors (Lipinski definition) is 6. The monoisotopic (exact) mass is 437 g/mol. The van der Waals surface area contributed by atoms with Crippen LogP contribution in [0, 0.1) is 11.3 Å². The Bertz CT molecular complexity index is 942. The molecule has 8 heteroatoms. The predicted molar refractivity (Wildman–Crippen MR) is 122 cm³/mol. The van der Waals surface area contributed by atoms with Crippen LogP contribution in [-0.4, -0.2) is 59.2 Å². The number of benzene rings is 1. The maximum atomic E-state index is 12.7. The van der Waals surface area contributed by atoms with E-state index in [2.05, 4.69) is 20.4 Å². The molecule has 1 N–H and O–H groups in total. The molecule has 0 bridgehead atoms. The Hall–Kier alpha value is -3.16. The van der Waals surface area contributed by atoms with Gasteiger partial charge in [0.1, 0.15) is 11.9 Å². The summed E-state index contributed by atoms with van der Waals surface area (Å²) in [6.07, 6.45) is 5.00. The minimum atomic E-state index is -0.332. The van der Waals surface area contributed by atoms with E-state index in [-0.39, 0.29) is 29.3 Å². The van der Waals surface area contributed by atoms with E-state index in [4.69, 9.17) is 4.74 Å². The first-order valence-electron chi connectivity index (χ1n) is 11.2. The van der Waals surface area contributed by atoms with E-state index in [9.17, 15) is 9.59 Å². The first-order valence-corrected chi connectivity index (χ1v) is 11.2. The maximum Gasteiger partial charge on any atom is 0.231 e. The van der Waals surface area contributed by atoms with Crippen LogP contribution in [0.3, 0.4) is 0 Å². The normalized spacial score (nSPS) is 18.9. The second-order valence-corrected chi connectivity index (χ2v) is 9.23. The van der Waals surface area contributed by atoms with Crippen LogP contribution in [0.25, 0.3) is 0 Å². The standard InChI is InChI=1S/C24H31N5O3/c1-4-24(2,3)23(31)28-12-10-21(16-28)32-20-7-5-18(6-8-20)27-22(30)17-14-29(15-17)19-9-11-25-26-13-19/h5-9,11,13,17,21H,4,10,12,14-16H2,1-3H3,(H,27,30)/t21-/m1/s1. The van der Waals surface area contributed by atoms with E-state index >= 15 is 0 Å². The van der Waals surface area contributed by atoms with Gasteiger partial charge in [-0.25, -0.2) is 0 Å². The number of nitrogens with zero attached hydrogens (tertiary/aromatic N) is 4. The molecule has 8 nitrogen and oxygen atoms in total. The van der Waals surface area contributed by atoms with Gasteiger partial charge >= 0.3 is 0 Å². The van der Waals surface area contributed by atoms with Gasteiger partial charge in [0.25, 0.3) is 0 Å². The van der Waals surface area contributed by atoms with Gasteiger partial charge in [-0.3, -0.25) is 9.59 Å². The Morgan fingerprint density at radius 3 is 2.53 bits per heavy atom. The van der Waals surface area contributed by atoms with Crippen molar-refractivity contribution in [3.05, 3.63) is 42.7 Å². The molecule has 1 aromatic heterocycles. The van der Waals surface area contributed by atoms with Crippen LogP contribution in [0.2, 0.25) is 0 Å². The number of carbonyl (C=O) groups is 2. The molecule has 0 radical (unpaired) electrons. The van der Waals surface area contributed by atoms with Crippen LogP contribution < -0.4 is 15.0 Å². The number of aromatic nitrogens is 2. The summed E-state index contributed by atoms with van der Waals surface area (Å²) in [5.74, 6) is 0.907. The second kappa shape index (κ2) is 9.14. The van der Waals surface area contributed by atoms with Crippen molar-refractivity contribution in [2.24, 2.45) is 11.3 Å². The zero-order chi connectivity index (χ0) is 22.7. The molecule has 2 aromatic rings. The fourth-order valence-corrected chi connectivity index (χ4v) is 3.97. The zero-order valence-electron chi connectivity index (χ0n) is 19.0. The summed E-state index contributed by atoms with van der Waals surface area (Å²) in [6, 6.07) is 9.34. The van der Waals surface area contributed by atoms with E-state index in [1.165, 1.54) is 0 Å². The van der Waals surface area contributed by atoms with Crippen molar-refractivity contribution in [1.82, 2.24) is 15.1 Å². The molecule has 1 atom stereocenters. The smallest absolute Gasteiger partial charge is 0.231 e. The van der Waals surface area contributed by atoms with Crippen molar-refractivity contribution in [2.45, 2.75) is 39.7 Å². The highest BCUT2D eigenvalue weighted by atomic mass is 16.5. The molecule has 3 heterocycles. The van der Waals surface area contributed by atoms with Gasteiger partial charge in [-0.05, 0) is 36.8 Å². The molecule has 2 saturated heterocycles. The largest absolute Gasteiger partial charge is 0.489 e. The number of hydrogen-bond donors (Lipinski definition) is 1. The molecule has 0 unspecified atom stereocenters. The summed E-state index contributed by atoms with van der Waals surface area (Å²) >= 11 is 0. The van der Waals surface area contributed by atoms with E-state index in [1.807, 2.05) is 56.0 Å². The van der Waals surface area contributed by atoms with Gasteiger partial charge in [0.05, 0.1) is 30.5 Å². The Labute approximate surface area is 188 Å². The van der Waals surface area contributed by atoms with Crippen LogP contribution >= 0.6 is 0 Å². The Morgan fingerprint density at radius 2 is 1.88 bits per heavy atom. The van der Waals surface area contributed by atoms with E-state index < -0.39 is 0 Å².